The number of anilines is 2. The van der Waals surface area contributed by atoms with Crippen LogP contribution >= 0.6 is 0 Å². The van der Waals surface area contributed by atoms with Crippen LogP contribution in [-0.2, 0) is 4.74 Å². The molecular formula is C16H18N4O3. The zero-order valence-corrected chi connectivity index (χ0v) is 13.2. The van der Waals surface area contributed by atoms with Gasteiger partial charge in [0.05, 0.1) is 18.4 Å². The molecule has 23 heavy (non-hydrogen) atoms. The average Bonchev–Trinajstić information content (AvgIpc) is 2.54. The fourth-order valence-corrected chi connectivity index (χ4v) is 1.89. The maximum atomic E-state index is 12.2. The second-order valence-corrected chi connectivity index (χ2v) is 5.09. The Morgan fingerprint density at radius 3 is 2.43 bits per heavy atom. The highest BCUT2D eigenvalue weighted by Gasteiger charge is 2.15. The Morgan fingerprint density at radius 2 is 1.83 bits per heavy atom. The van der Waals surface area contributed by atoms with Crippen molar-refractivity contribution in [2.24, 2.45) is 0 Å². The van der Waals surface area contributed by atoms with Crippen LogP contribution in [0.2, 0.25) is 0 Å². The van der Waals surface area contributed by atoms with E-state index in [0.29, 0.717) is 11.5 Å². The highest BCUT2D eigenvalue weighted by molar-refractivity contribution is 6.07. The molecule has 120 valence electrons. The third-order valence-corrected chi connectivity index (χ3v) is 2.91. The van der Waals surface area contributed by atoms with E-state index in [2.05, 4.69) is 20.8 Å². The second-order valence-electron chi connectivity index (χ2n) is 5.09. The first kappa shape index (κ1) is 16.4. The molecule has 1 heterocycles. The van der Waals surface area contributed by atoms with Crippen LogP contribution in [0.5, 0.6) is 0 Å². The Labute approximate surface area is 134 Å². The summed E-state index contributed by atoms with van der Waals surface area (Å²) in [6.07, 6.45) is 0. The van der Waals surface area contributed by atoms with Crippen molar-refractivity contribution in [1.82, 2.24) is 10.2 Å². The van der Waals surface area contributed by atoms with Gasteiger partial charge in [-0.15, -0.1) is 10.2 Å². The lowest BCUT2D eigenvalue weighted by Gasteiger charge is -2.10. The molecule has 0 atom stereocenters. The monoisotopic (exact) mass is 314 g/mol. The molecule has 0 spiro atoms. The number of nitrogens with one attached hydrogen (secondary N) is 2. The Balaban J connectivity index is 2.15. The minimum atomic E-state index is -0.525. The molecule has 0 radical (unpaired) electrons. The molecule has 0 saturated carbocycles. The Bertz CT molecular complexity index is 699. The molecule has 0 fully saturated rings. The lowest BCUT2D eigenvalue weighted by atomic mass is 10.1. The van der Waals surface area contributed by atoms with Crippen molar-refractivity contribution in [1.29, 1.82) is 0 Å². The highest BCUT2D eigenvalue weighted by atomic mass is 16.5. The van der Waals surface area contributed by atoms with Gasteiger partial charge in [-0.1, -0.05) is 12.1 Å². The van der Waals surface area contributed by atoms with Gasteiger partial charge >= 0.3 is 5.97 Å². The normalized spacial score (nSPS) is 10.3. The van der Waals surface area contributed by atoms with E-state index >= 15 is 0 Å². The maximum absolute atomic E-state index is 12.2. The van der Waals surface area contributed by atoms with Crippen molar-refractivity contribution in [3.8, 4) is 0 Å². The van der Waals surface area contributed by atoms with Crippen LogP contribution in [-0.4, -0.2) is 35.2 Å². The first-order valence-electron chi connectivity index (χ1n) is 7.10. The van der Waals surface area contributed by atoms with Crippen LogP contribution in [0, 0.1) is 0 Å². The van der Waals surface area contributed by atoms with Gasteiger partial charge in [0.1, 0.15) is 5.82 Å². The van der Waals surface area contributed by atoms with Crippen LogP contribution in [0.25, 0.3) is 0 Å². The molecule has 0 aliphatic rings. The lowest BCUT2D eigenvalue weighted by Crippen LogP contribution is -2.18. The Morgan fingerprint density at radius 1 is 1.09 bits per heavy atom. The van der Waals surface area contributed by atoms with Crippen LogP contribution in [0.4, 0.5) is 11.5 Å². The molecule has 1 amide bonds. The van der Waals surface area contributed by atoms with Crippen molar-refractivity contribution in [2.75, 3.05) is 17.7 Å². The molecule has 1 aromatic carbocycles. The van der Waals surface area contributed by atoms with E-state index in [4.69, 9.17) is 4.74 Å². The molecule has 7 nitrogen and oxygen atoms in total. The molecule has 2 N–H and O–H groups in total. The Kier molecular flexibility index (Phi) is 5.24. The summed E-state index contributed by atoms with van der Waals surface area (Å²) >= 11 is 0. The molecule has 0 unspecified atom stereocenters. The van der Waals surface area contributed by atoms with Gasteiger partial charge in [-0.3, -0.25) is 4.79 Å². The van der Waals surface area contributed by atoms with Gasteiger partial charge in [0.25, 0.3) is 5.91 Å². The summed E-state index contributed by atoms with van der Waals surface area (Å²) in [5, 5.41) is 13.5. The van der Waals surface area contributed by atoms with Gasteiger partial charge < -0.3 is 15.4 Å². The number of hydrogen-bond acceptors (Lipinski definition) is 6. The van der Waals surface area contributed by atoms with Crippen LogP contribution in [0.15, 0.2) is 36.4 Å². The molecular weight excluding hydrogens is 296 g/mol. The maximum Gasteiger partial charge on any atom is 0.339 e. The predicted octanol–water partition coefficient (Wildman–Crippen LogP) is 2.34. The van der Waals surface area contributed by atoms with Gasteiger partial charge in [-0.2, -0.15) is 0 Å². The minimum absolute atomic E-state index is 0.152. The lowest BCUT2D eigenvalue weighted by molar-refractivity contribution is 0.0602. The number of hydrogen-bond donors (Lipinski definition) is 2. The molecule has 1 aromatic heterocycles. The van der Waals surface area contributed by atoms with Gasteiger partial charge in [0, 0.05) is 6.04 Å². The summed E-state index contributed by atoms with van der Waals surface area (Å²) in [4.78, 5) is 23.9. The average molecular weight is 314 g/mol. The van der Waals surface area contributed by atoms with Gasteiger partial charge in [-0.05, 0) is 38.1 Å². The fourth-order valence-electron chi connectivity index (χ4n) is 1.89. The number of carbonyl (C=O) groups is 2. The molecule has 0 aliphatic heterocycles. The molecule has 0 bridgehead atoms. The number of carbonyl (C=O) groups excluding carboxylic acids is 2. The number of rotatable bonds is 5. The van der Waals surface area contributed by atoms with E-state index < -0.39 is 11.9 Å². The standard InChI is InChI=1S/C16H18N4O3/c1-10(2)17-14-9-8-13(19-20-14)15(21)18-12-7-5-4-6-11(12)16(22)23-3/h4-10H,1-3H3,(H,17,20)(H,18,21). The van der Waals surface area contributed by atoms with Crippen molar-refractivity contribution in [3.05, 3.63) is 47.7 Å². The van der Waals surface area contributed by atoms with Gasteiger partial charge in [0.15, 0.2) is 5.69 Å². The number of aromatic nitrogens is 2. The smallest absolute Gasteiger partial charge is 0.339 e. The van der Waals surface area contributed by atoms with Crippen molar-refractivity contribution < 1.29 is 14.3 Å². The van der Waals surface area contributed by atoms with E-state index in [1.807, 2.05) is 13.8 Å². The molecule has 7 heteroatoms. The van der Waals surface area contributed by atoms with Gasteiger partial charge in [-0.25, -0.2) is 4.79 Å². The summed E-state index contributed by atoms with van der Waals surface area (Å²) in [6.45, 7) is 3.96. The minimum Gasteiger partial charge on any atom is -0.465 e. The van der Waals surface area contributed by atoms with Gasteiger partial charge in [0.2, 0.25) is 0 Å². The largest absolute Gasteiger partial charge is 0.465 e. The number of methoxy groups -OCH3 is 1. The first-order valence-corrected chi connectivity index (χ1v) is 7.10. The molecule has 0 saturated heterocycles. The summed E-state index contributed by atoms with van der Waals surface area (Å²) in [7, 11) is 1.28. The number of amides is 1. The number of esters is 1. The van der Waals surface area contributed by atoms with Crippen molar-refractivity contribution >= 4 is 23.4 Å². The fraction of sp³-hybridized carbons (Fsp3) is 0.250. The first-order chi connectivity index (χ1) is 11.0. The number of ether oxygens (including phenoxy) is 1. The third-order valence-electron chi connectivity index (χ3n) is 2.91. The van der Waals surface area contributed by atoms with E-state index in [0.717, 1.165) is 0 Å². The summed E-state index contributed by atoms with van der Waals surface area (Å²) in [5.74, 6) is -0.389. The number of benzene rings is 1. The number of para-hydroxylation sites is 1. The Hall–Kier alpha value is -2.96. The van der Waals surface area contributed by atoms with Crippen LogP contribution in [0.1, 0.15) is 34.7 Å². The second kappa shape index (κ2) is 7.35. The van der Waals surface area contributed by atoms with E-state index in [-0.39, 0.29) is 17.3 Å². The van der Waals surface area contributed by atoms with E-state index in [1.54, 1.807) is 36.4 Å². The summed E-state index contributed by atoms with van der Waals surface area (Å²) < 4.78 is 4.69. The van der Waals surface area contributed by atoms with E-state index in [9.17, 15) is 9.59 Å². The van der Waals surface area contributed by atoms with E-state index in [1.165, 1.54) is 7.11 Å². The highest BCUT2D eigenvalue weighted by Crippen LogP contribution is 2.17. The van der Waals surface area contributed by atoms with Crippen LogP contribution < -0.4 is 10.6 Å². The zero-order chi connectivity index (χ0) is 16.8. The topological polar surface area (TPSA) is 93.2 Å². The third kappa shape index (κ3) is 4.26. The van der Waals surface area contributed by atoms with Crippen LogP contribution in [0.3, 0.4) is 0 Å². The van der Waals surface area contributed by atoms with Crippen molar-refractivity contribution in [2.45, 2.75) is 19.9 Å². The number of nitrogens with zero attached hydrogens (tertiary/aromatic N) is 2. The summed E-state index contributed by atoms with van der Waals surface area (Å²) in [5.41, 5.74) is 0.781. The molecule has 2 rings (SSSR count). The predicted molar refractivity (Wildman–Crippen MR) is 86.5 cm³/mol. The zero-order valence-electron chi connectivity index (χ0n) is 13.2. The van der Waals surface area contributed by atoms with Crippen molar-refractivity contribution in [3.63, 3.8) is 0 Å². The molecule has 2 aromatic rings. The summed E-state index contributed by atoms with van der Waals surface area (Å²) in [6, 6.07) is 10.0. The SMILES string of the molecule is COC(=O)c1ccccc1NC(=O)c1ccc(NC(C)C)nn1. The quantitative estimate of drug-likeness (QED) is 0.823. The molecule has 0 aliphatic carbocycles.